The molecule has 0 radical (unpaired) electrons. The van der Waals surface area contributed by atoms with Crippen LogP contribution in [0.5, 0.6) is 0 Å². The van der Waals surface area contributed by atoms with Gasteiger partial charge in [-0.3, -0.25) is 4.99 Å². The number of hydrogen-bond acceptors (Lipinski definition) is 1. The van der Waals surface area contributed by atoms with E-state index in [4.69, 9.17) is 0 Å². The molecule has 1 heteroatoms. The lowest BCUT2D eigenvalue weighted by Gasteiger charge is -2.03. The zero-order valence-corrected chi connectivity index (χ0v) is 11.5. The summed E-state index contributed by atoms with van der Waals surface area (Å²) in [7, 11) is 0. The Morgan fingerprint density at radius 3 is 2.83 bits per heavy atom. The highest BCUT2D eigenvalue weighted by Crippen LogP contribution is 2.12. The predicted molar refractivity (Wildman–Crippen MR) is 80.0 cm³/mol. The summed E-state index contributed by atoms with van der Waals surface area (Å²) >= 11 is 0. The van der Waals surface area contributed by atoms with E-state index < -0.39 is 0 Å². The van der Waals surface area contributed by atoms with Crippen LogP contribution in [-0.2, 0) is 6.42 Å². The van der Waals surface area contributed by atoms with Gasteiger partial charge in [-0.25, -0.2) is 0 Å². The Hall–Kier alpha value is -1.81. The number of rotatable bonds is 4. The molecule has 1 aromatic carbocycles. The van der Waals surface area contributed by atoms with Crippen molar-refractivity contribution in [3.8, 4) is 11.8 Å². The van der Waals surface area contributed by atoms with Crippen LogP contribution in [0.4, 0.5) is 0 Å². The van der Waals surface area contributed by atoms with Crippen LogP contribution in [0, 0.1) is 18.8 Å². The molecule has 0 amide bonds. The van der Waals surface area contributed by atoms with E-state index in [1.165, 1.54) is 17.5 Å². The van der Waals surface area contributed by atoms with E-state index in [-0.39, 0.29) is 0 Å². The molecule has 0 fully saturated rings. The van der Waals surface area contributed by atoms with Gasteiger partial charge in [0.2, 0.25) is 0 Å². The standard InChI is InChI=1S/C17H21N/c1-4-9-17-12-11-16(14-15(17)3)10-7-6-8-13-18-5-2/h5,8,11-14H,4,6,9H2,1-3H3/b13-8-,18-5?. The Bertz CT molecular complexity index is 484. The molecule has 0 saturated heterocycles. The highest BCUT2D eigenvalue weighted by atomic mass is 14.6. The molecule has 0 aliphatic heterocycles. The highest BCUT2D eigenvalue weighted by Gasteiger charge is 1.97. The van der Waals surface area contributed by atoms with Gasteiger partial charge in [0.05, 0.1) is 0 Å². The summed E-state index contributed by atoms with van der Waals surface area (Å²) in [6.07, 6.45) is 8.59. The fraction of sp³-hybridized carbons (Fsp3) is 0.353. The first-order valence-corrected chi connectivity index (χ1v) is 6.49. The molecular formula is C17H21N. The molecule has 0 bridgehead atoms. The summed E-state index contributed by atoms with van der Waals surface area (Å²) in [5.74, 6) is 6.31. The van der Waals surface area contributed by atoms with Crippen LogP contribution in [0.1, 0.15) is 43.4 Å². The molecule has 1 nitrogen and oxygen atoms in total. The fourth-order valence-electron chi connectivity index (χ4n) is 1.74. The first-order chi connectivity index (χ1) is 8.77. The molecular weight excluding hydrogens is 218 g/mol. The maximum absolute atomic E-state index is 3.99. The SMILES string of the molecule is CC=N/C=C\CC#Cc1ccc(CCC)c(C)c1. The molecule has 1 rings (SSSR count). The zero-order valence-electron chi connectivity index (χ0n) is 11.5. The van der Waals surface area contributed by atoms with E-state index in [9.17, 15) is 0 Å². The van der Waals surface area contributed by atoms with Crippen LogP contribution < -0.4 is 0 Å². The van der Waals surface area contributed by atoms with Crippen LogP contribution >= 0.6 is 0 Å². The molecule has 0 unspecified atom stereocenters. The Morgan fingerprint density at radius 2 is 2.17 bits per heavy atom. The van der Waals surface area contributed by atoms with Crippen molar-refractivity contribution < 1.29 is 0 Å². The summed E-state index contributed by atoms with van der Waals surface area (Å²) in [4.78, 5) is 3.99. The van der Waals surface area contributed by atoms with Crippen molar-refractivity contribution in [2.24, 2.45) is 4.99 Å². The molecule has 0 atom stereocenters. The van der Waals surface area contributed by atoms with Crippen LogP contribution in [0.2, 0.25) is 0 Å². The van der Waals surface area contributed by atoms with Crippen molar-refractivity contribution >= 4 is 6.21 Å². The summed E-state index contributed by atoms with van der Waals surface area (Å²) in [5, 5.41) is 0. The maximum atomic E-state index is 3.99. The monoisotopic (exact) mass is 239 g/mol. The maximum Gasteiger partial charge on any atom is 0.0291 e. The lowest BCUT2D eigenvalue weighted by Crippen LogP contribution is -1.89. The molecule has 1 aromatic rings. The van der Waals surface area contributed by atoms with Crippen LogP contribution in [0.15, 0.2) is 35.5 Å². The molecule has 0 spiro atoms. The quantitative estimate of drug-likeness (QED) is 0.549. The average Bonchev–Trinajstić information content (AvgIpc) is 2.37. The van der Waals surface area contributed by atoms with Crippen LogP contribution in [0.25, 0.3) is 0 Å². The number of hydrogen-bond donors (Lipinski definition) is 0. The molecule has 0 aliphatic carbocycles. The van der Waals surface area contributed by atoms with Gasteiger partial charge in [-0.15, -0.1) is 0 Å². The van der Waals surface area contributed by atoms with E-state index in [2.05, 4.69) is 48.9 Å². The number of aliphatic imine (C=N–C) groups is 1. The lowest BCUT2D eigenvalue weighted by molar-refractivity contribution is 0.912. The highest BCUT2D eigenvalue weighted by molar-refractivity contribution is 5.54. The Balaban J connectivity index is 2.63. The summed E-state index contributed by atoms with van der Waals surface area (Å²) in [5.41, 5.74) is 3.87. The lowest BCUT2D eigenvalue weighted by atomic mass is 10.0. The minimum atomic E-state index is 0.743. The van der Waals surface area contributed by atoms with Gasteiger partial charge in [0.15, 0.2) is 0 Å². The van der Waals surface area contributed by atoms with Gasteiger partial charge >= 0.3 is 0 Å². The van der Waals surface area contributed by atoms with Crippen LogP contribution in [-0.4, -0.2) is 6.21 Å². The van der Waals surface area contributed by atoms with E-state index in [0.29, 0.717) is 0 Å². The van der Waals surface area contributed by atoms with Crippen LogP contribution in [0.3, 0.4) is 0 Å². The zero-order chi connectivity index (χ0) is 13.2. The Labute approximate surface area is 111 Å². The molecule has 94 valence electrons. The van der Waals surface area contributed by atoms with Crippen molar-refractivity contribution in [1.29, 1.82) is 0 Å². The number of benzene rings is 1. The average molecular weight is 239 g/mol. The number of aryl methyl sites for hydroxylation is 2. The van der Waals surface area contributed by atoms with E-state index in [1.807, 2.05) is 13.0 Å². The van der Waals surface area contributed by atoms with Gasteiger partial charge in [0.25, 0.3) is 0 Å². The van der Waals surface area contributed by atoms with Gasteiger partial charge in [-0.05, 0) is 43.5 Å². The molecule has 0 N–H and O–H groups in total. The second-order valence-electron chi connectivity index (χ2n) is 4.19. The molecule has 0 aliphatic rings. The summed E-state index contributed by atoms with van der Waals surface area (Å²) in [6.45, 7) is 6.26. The van der Waals surface area contributed by atoms with Gasteiger partial charge in [0, 0.05) is 24.4 Å². The van der Waals surface area contributed by atoms with Crippen molar-refractivity contribution in [2.45, 2.75) is 40.0 Å². The number of allylic oxidation sites excluding steroid dienone is 1. The Morgan fingerprint density at radius 1 is 1.33 bits per heavy atom. The summed E-state index contributed by atoms with van der Waals surface area (Å²) in [6, 6.07) is 6.48. The predicted octanol–water partition coefficient (Wildman–Crippen LogP) is 4.29. The third kappa shape index (κ3) is 5.01. The van der Waals surface area contributed by atoms with Crippen molar-refractivity contribution in [3.63, 3.8) is 0 Å². The fourth-order valence-corrected chi connectivity index (χ4v) is 1.74. The smallest absolute Gasteiger partial charge is 0.0291 e. The third-order valence-corrected chi connectivity index (χ3v) is 2.66. The second-order valence-corrected chi connectivity index (χ2v) is 4.19. The van der Waals surface area contributed by atoms with E-state index >= 15 is 0 Å². The van der Waals surface area contributed by atoms with Crippen molar-refractivity contribution in [3.05, 3.63) is 47.2 Å². The van der Waals surface area contributed by atoms with E-state index in [1.54, 1.807) is 12.4 Å². The molecule has 0 heterocycles. The second kappa shape index (κ2) is 8.31. The summed E-state index contributed by atoms with van der Waals surface area (Å²) < 4.78 is 0. The van der Waals surface area contributed by atoms with Gasteiger partial charge in [-0.2, -0.15) is 0 Å². The van der Waals surface area contributed by atoms with Gasteiger partial charge in [-0.1, -0.05) is 37.3 Å². The first-order valence-electron chi connectivity index (χ1n) is 6.49. The topological polar surface area (TPSA) is 12.4 Å². The first kappa shape index (κ1) is 14.3. The molecule has 18 heavy (non-hydrogen) atoms. The van der Waals surface area contributed by atoms with E-state index in [0.717, 1.165) is 18.4 Å². The van der Waals surface area contributed by atoms with Gasteiger partial charge < -0.3 is 0 Å². The van der Waals surface area contributed by atoms with Crippen molar-refractivity contribution in [1.82, 2.24) is 0 Å². The van der Waals surface area contributed by atoms with Crippen molar-refractivity contribution in [2.75, 3.05) is 0 Å². The third-order valence-electron chi connectivity index (χ3n) is 2.66. The minimum absolute atomic E-state index is 0.743. The largest absolute Gasteiger partial charge is 0.270 e. The van der Waals surface area contributed by atoms with Gasteiger partial charge in [0.1, 0.15) is 0 Å². The normalized spacial score (nSPS) is 10.8. The minimum Gasteiger partial charge on any atom is -0.270 e. The molecule has 0 saturated carbocycles. The number of nitrogens with zero attached hydrogens (tertiary/aromatic N) is 1. The Kier molecular flexibility index (Phi) is 6.58. The molecule has 0 aromatic heterocycles.